The molecule has 0 bridgehead atoms. The van der Waals surface area contributed by atoms with Crippen molar-refractivity contribution in [3.05, 3.63) is 0 Å². The highest BCUT2D eigenvalue weighted by atomic mass is 15.2. The van der Waals surface area contributed by atoms with E-state index < -0.39 is 0 Å². The molecule has 0 radical (unpaired) electrons. The van der Waals surface area contributed by atoms with Gasteiger partial charge in [0.25, 0.3) is 0 Å². The smallest absolute Gasteiger partial charge is 0.0105 e. The lowest BCUT2D eigenvalue weighted by Gasteiger charge is -2.40. The minimum absolute atomic E-state index is 0.701. The van der Waals surface area contributed by atoms with Gasteiger partial charge in [-0.15, -0.1) is 0 Å². The highest BCUT2D eigenvalue weighted by Gasteiger charge is 2.28. The third kappa shape index (κ3) is 3.96. The van der Waals surface area contributed by atoms with Gasteiger partial charge in [-0.2, -0.15) is 0 Å². The third-order valence-electron chi connectivity index (χ3n) is 5.26. The van der Waals surface area contributed by atoms with Crippen LogP contribution in [0.15, 0.2) is 0 Å². The number of nitrogens with zero attached hydrogens (tertiary/aromatic N) is 1. The first-order chi connectivity index (χ1) is 8.58. The summed E-state index contributed by atoms with van der Waals surface area (Å²) < 4.78 is 0. The van der Waals surface area contributed by atoms with Gasteiger partial charge < -0.3 is 10.2 Å². The van der Waals surface area contributed by atoms with Crippen LogP contribution in [0.1, 0.15) is 59.3 Å². The molecule has 0 aliphatic heterocycles. The standard InChI is InChI=1S/C16H32N2/c1-12-6-5-7-16(10-12)18(4)14(3)13(2)11-17-15-8-9-15/h12-17H,5-11H2,1-4H3. The van der Waals surface area contributed by atoms with Crippen molar-refractivity contribution in [3.63, 3.8) is 0 Å². The summed E-state index contributed by atoms with van der Waals surface area (Å²) in [5, 5.41) is 3.68. The van der Waals surface area contributed by atoms with Crippen molar-refractivity contribution < 1.29 is 0 Å². The molecule has 1 N–H and O–H groups in total. The molecule has 0 amide bonds. The lowest BCUT2D eigenvalue weighted by atomic mass is 9.85. The molecule has 4 atom stereocenters. The predicted molar refractivity (Wildman–Crippen MR) is 78.8 cm³/mol. The molecular weight excluding hydrogens is 220 g/mol. The second-order valence-corrected chi connectivity index (χ2v) is 6.99. The first-order valence-electron chi connectivity index (χ1n) is 8.03. The van der Waals surface area contributed by atoms with Crippen LogP contribution in [0.3, 0.4) is 0 Å². The summed E-state index contributed by atoms with van der Waals surface area (Å²) in [7, 11) is 2.35. The molecule has 2 saturated carbocycles. The molecule has 2 aliphatic carbocycles. The molecule has 18 heavy (non-hydrogen) atoms. The summed E-state index contributed by atoms with van der Waals surface area (Å²) in [5.41, 5.74) is 0. The van der Waals surface area contributed by atoms with E-state index in [9.17, 15) is 0 Å². The fraction of sp³-hybridized carbons (Fsp3) is 1.00. The van der Waals surface area contributed by atoms with Crippen molar-refractivity contribution in [1.29, 1.82) is 0 Å². The SMILES string of the molecule is CC1CCCC(N(C)C(C)C(C)CNC2CC2)C1. The van der Waals surface area contributed by atoms with Crippen molar-refractivity contribution >= 4 is 0 Å². The average Bonchev–Trinajstić information content (AvgIpc) is 3.18. The maximum atomic E-state index is 3.68. The Balaban J connectivity index is 1.76. The van der Waals surface area contributed by atoms with E-state index in [0.717, 1.165) is 23.9 Å². The molecule has 2 rings (SSSR count). The van der Waals surface area contributed by atoms with Crippen LogP contribution >= 0.6 is 0 Å². The maximum Gasteiger partial charge on any atom is 0.0105 e. The second kappa shape index (κ2) is 6.38. The quantitative estimate of drug-likeness (QED) is 0.780. The van der Waals surface area contributed by atoms with E-state index in [4.69, 9.17) is 0 Å². The number of nitrogens with one attached hydrogen (secondary N) is 1. The van der Waals surface area contributed by atoms with E-state index in [1.807, 2.05) is 0 Å². The molecule has 2 fully saturated rings. The minimum atomic E-state index is 0.701. The Morgan fingerprint density at radius 2 is 1.89 bits per heavy atom. The Labute approximate surface area is 114 Å². The zero-order chi connectivity index (χ0) is 13.1. The molecule has 2 heteroatoms. The van der Waals surface area contributed by atoms with Gasteiger partial charge in [0.05, 0.1) is 0 Å². The van der Waals surface area contributed by atoms with Crippen molar-refractivity contribution in [1.82, 2.24) is 10.2 Å². The molecule has 106 valence electrons. The molecule has 0 spiro atoms. The lowest BCUT2D eigenvalue weighted by Crippen LogP contribution is -2.46. The largest absolute Gasteiger partial charge is 0.314 e. The Bertz CT molecular complexity index is 249. The summed E-state index contributed by atoms with van der Waals surface area (Å²) in [6.45, 7) is 8.43. The average molecular weight is 252 g/mol. The van der Waals surface area contributed by atoms with Crippen LogP contribution in [0.4, 0.5) is 0 Å². The molecule has 0 aromatic rings. The molecule has 0 aromatic carbocycles. The Hall–Kier alpha value is -0.0800. The monoisotopic (exact) mass is 252 g/mol. The Morgan fingerprint density at radius 1 is 1.17 bits per heavy atom. The van der Waals surface area contributed by atoms with E-state index in [-0.39, 0.29) is 0 Å². The molecule has 0 heterocycles. The summed E-state index contributed by atoms with van der Waals surface area (Å²) in [6, 6.07) is 2.37. The summed E-state index contributed by atoms with van der Waals surface area (Å²) >= 11 is 0. The van der Waals surface area contributed by atoms with Gasteiger partial charge in [0, 0.05) is 18.1 Å². The van der Waals surface area contributed by atoms with Gasteiger partial charge >= 0.3 is 0 Å². The molecule has 2 aliphatic rings. The van der Waals surface area contributed by atoms with E-state index in [1.54, 1.807) is 0 Å². The number of rotatable bonds is 6. The highest BCUT2D eigenvalue weighted by molar-refractivity contribution is 4.85. The van der Waals surface area contributed by atoms with Crippen LogP contribution in [-0.4, -0.2) is 36.6 Å². The van der Waals surface area contributed by atoms with E-state index >= 15 is 0 Å². The van der Waals surface area contributed by atoms with Crippen LogP contribution < -0.4 is 5.32 Å². The molecular formula is C16H32N2. The zero-order valence-electron chi connectivity index (χ0n) is 12.8. The topological polar surface area (TPSA) is 15.3 Å². The number of hydrogen-bond acceptors (Lipinski definition) is 2. The summed E-state index contributed by atoms with van der Waals surface area (Å²) in [4.78, 5) is 2.66. The van der Waals surface area contributed by atoms with Gasteiger partial charge in [0.1, 0.15) is 0 Å². The van der Waals surface area contributed by atoms with Gasteiger partial charge in [-0.3, -0.25) is 0 Å². The van der Waals surface area contributed by atoms with Crippen LogP contribution in [0.25, 0.3) is 0 Å². The first-order valence-corrected chi connectivity index (χ1v) is 8.03. The fourth-order valence-corrected chi connectivity index (χ4v) is 3.32. The molecule has 2 nitrogen and oxygen atoms in total. The van der Waals surface area contributed by atoms with E-state index in [2.05, 4.69) is 38.0 Å². The van der Waals surface area contributed by atoms with Crippen molar-refractivity contribution in [2.24, 2.45) is 11.8 Å². The summed E-state index contributed by atoms with van der Waals surface area (Å²) in [6.07, 6.45) is 8.49. The zero-order valence-corrected chi connectivity index (χ0v) is 12.8. The second-order valence-electron chi connectivity index (χ2n) is 6.99. The predicted octanol–water partition coefficient (Wildman–Crippen LogP) is 3.27. The fourth-order valence-electron chi connectivity index (χ4n) is 3.32. The normalized spacial score (nSPS) is 32.5. The molecule has 0 saturated heterocycles. The number of hydrogen-bond donors (Lipinski definition) is 1. The van der Waals surface area contributed by atoms with E-state index in [1.165, 1.54) is 45.1 Å². The lowest BCUT2D eigenvalue weighted by molar-refractivity contribution is 0.0977. The first kappa shape index (κ1) is 14.3. The highest BCUT2D eigenvalue weighted by Crippen LogP contribution is 2.29. The third-order valence-corrected chi connectivity index (χ3v) is 5.26. The van der Waals surface area contributed by atoms with Crippen LogP contribution in [-0.2, 0) is 0 Å². The van der Waals surface area contributed by atoms with Crippen molar-refractivity contribution in [3.8, 4) is 0 Å². The van der Waals surface area contributed by atoms with Crippen molar-refractivity contribution in [2.75, 3.05) is 13.6 Å². The Morgan fingerprint density at radius 3 is 2.50 bits per heavy atom. The minimum Gasteiger partial charge on any atom is -0.314 e. The van der Waals surface area contributed by atoms with Crippen LogP contribution in [0.5, 0.6) is 0 Å². The maximum absolute atomic E-state index is 3.68. The van der Waals surface area contributed by atoms with Gasteiger partial charge in [0.2, 0.25) is 0 Å². The molecule has 0 aromatic heterocycles. The van der Waals surface area contributed by atoms with Gasteiger partial charge in [0.15, 0.2) is 0 Å². The van der Waals surface area contributed by atoms with E-state index in [0.29, 0.717) is 6.04 Å². The van der Waals surface area contributed by atoms with Gasteiger partial charge in [-0.1, -0.05) is 26.7 Å². The summed E-state index contributed by atoms with van der Waals surface area (Å²) in [5.74, 6) is 1.69. The van der Waals surface area contributed by atoms with Crippen LogP contribution in [0.2, 0.25) is 0 Å². The van der Waals surface area contributed by atoms with Crippen LogP contribution in [0, 0.1) is 11.8 Å². The van der Waals surface area contributed by atoms with Gasteiger partial charge in [-0.05, 0) is 58.0 Å². The van der Waals surface area contributed by atoms with Crippen molar-refractivity contribution in [2.45, 2.75) is 77.4 Å². The van der Waals surface area contributed by atoms with Gasteiger partial charge in [-0.25, -0.2) is 0 Å². The Kier molecular flexibility index (Phi) is 5.08. The molecule has 4 unspecified atom stereocenters.